The van der Waals surface area contributed by atoms with Gasteiger partial charge in [-0.05, 0) is 6.42 Å². The number of rotatable bonds is 3. The SMILES string of the molecule is CCCn1cc[n+](C)c1S(=O)(=O)O. The van der Waals surface area contributed by atoms with Crippen LogP contribution >= 0.6 is 0 Å². The predicted octanol–water partition coefficient (Wildman–Crippen LogP) is -0.0307. The van der Waals surface area contributed by atoms with E-state index in [1.54, 1.807) is 19.4 Å². The Morgan fingerprint density at radius 1 is 1.62 bits per heavy atom. The van der Waals surface area contributed by atoms with Crippen molar-refractivity contribution < 1.29 is 17.5 Å². The van der Waals surface area contributed by atoms with E-state index in [1.807, 2.05) is 6.92 Å². The summed E-state index contributed by atoms with van der Waals surface area (Å²) < 4.78 is 33.6. The van der Waals surface area contributed by atoms with Crippen LogP contribution in [-0.2, 0) is 23.7 Å². The first-order valence-electron chi connectivity index (χ1n) is 3.99. The molecule has 0 bridgehead atoms. The zero-order valence-corrected chi connectivity index (χ0v) is 8.45. The summed E-state index contributed by atoms with van der Waals surface area (Å²) in [4.78, 5) is 0. The van der Waals surface area contributed by atoms with Gasteiger partial charge in [0.2, 0.25) is 0 Å². The Morgan fingerprint density at radius 2 is 2.23 bits per heavy atom. The Labute approximate surface area is 77.4 Å². The maximum Gasteiger partial charge on any atom is 0.402 e. The van der Waals surface area contributed by atoms with E-state index in [9.17, 15) is 8.42 Å². The Morgan fingerprint density at radius 3 is 2.69 bits per heavy atom. The Bertz CT molecular complexity index is 394. The van der Waals surface area contributed by atoms with Crippen molar-refractivity contribution in [3.63, 3.8) is 0 Å². The first-order valence-corrected chi connectivity index (χ1v) is 5.43. The highest BCUT2D eigenvalue weighted by Gasteiger charge is 2.26. The molecule has 0 spiro atoms. The van der Waals surface area contributed by atoms with E-state index in [0.717, 1.165) is 6.42 Å². The lowest BCUT2D eigenvalue weighted by molar-refractivity contribution is -0.710. The van der Waals surface area contributed by atoms with Crippen LogP contribution in [0.15, 0.2) is 17.6 Å². The van der Waals surface area contributed by atoms with Crippen LogP contribution in [0, 0.1) is 0 Å². The molecule has 1 rings (SSSR count). The average Bonchev–Trinajstić information content (AvgIpc) is 2.31. The number of hydrogen-bond donors (Lipinski definition) is 1. The van der Waals surface area contributed by atoms with Gasteiger partial charge >= 0.3 is 15.3 Å². The lowest BCUT2D eigenvalue weighted by Crippen LogP contribution is -2.34. The fourth-order valence-electron chi connectivity index (χ4n) is 1.25. The van der Waals surface area contributed by atoms with E-state index in [1.165, 1.54) is 9.13 Å². The van der Waals surface area contributed by atoms with E-state index in [-0.39, 0.29) is 5.16 Å². The van der Waals surface area contributed by atoms with Crippen LogP contribution in [0.5, 0.6) is 0 Å². The maximum atomic E-state index is 10.9. The molecule has 0 saturated carbocycles. The Kier molecular flexibility index (Phi) is 2.72. The van der Waals surface area contributed by atoms with Crippen LogP contribution in [0.2, 0.25) is 0 Å². The van der Waals surface area contributed by atoms with Crippen molar-refractivity contribution in [2.24, 2.45) is 7.05 Å². The van der Waals surface area contributed by atoms with Crippen LogP contribution in [-0.4, -0.2) is 17.5 Å². The molecule has 0 aliphatic heterocycles. The molecule has 1 aromatic heterocycles. The van der Waals surface area contributed by atoms with E-state index in [0.29, 0.717) is 6.54 Å². The number of aromatic nitrogens is 2. The van der Waals surface area contributed by atoms with Crippen LogP contribution in [0.1, 0.15) is 13.3 Å². The smallest absolute Gasteiger partial charge is 0.276 e. The van der Waals surface area contributed by atoms with Crippen LogP contribution < -0.4 is 4.57 Å². The second-order valence-corrected chi connectivity index (χ2v) is 4.18. The van der Waals surface area contributed by atoms with Crippen LogP contribution in [0.3, 0.4) is 0 Å². The predicted molar refractivity (Wildman–Crippen MR) is 45.7 cm³/mol. The molecular formula is C7H13N2O3S+. The topological polar surface area (TPSA) is 63.2 Å². The van der Waals surface area contributed by atoms with E-state index >= 15 is 0 Å². The third kappa shape index (κ3) is 2.07. The molecule has 6 heteroatoms. The van der Waals surface area contributed by atoms with Gasteiger partial charge in [-0.25, -0.2) is 9.13 Å². The minimum atomic E-state index is -4.12. The van der Waals surface area contributed by atoms with Gasteiger partial charge in [0.05, 0.1) is 13.6 Å². The lowest BCUT2D eigenvalue weighted by Gasteiger charge is -1.96. The second kappa shape index (κ2) is 3.47. The molecule has 1 heterocycles. The highest BCUT2D eigenvalue weighted by Crippen LogP contribution is 2.03. The first-order chi connectivity index (χ1) is 5.96. The maximum absolute atomic E-state index is 10.9. The van der Waals surface area contributed by atoms with Crippen molar-refractivity contribution in [3.05, 3.63) is 12.4 Å². The lowest BCUT2D eigenvalue weighted by atomic mass is 10.5. The van der Waals surface area contributed by atoms with Gasteiger partial charge in [-0.1, -0.05) is 6.92 Å². The van der Waals surface area contributed by atoms with Gasteiger partial charge in [-0.15, -0.1) is 0 Å². The summed E-state index contributed by atoms with van der Waals surface area (Å²) in [5.74, 6) is 0. The molecule has 0 aliphatic carbocycles. The number of aryl methyl sites for hydroxylation is 2. The highest BCUT2D eigenvalue weighted by molar-refractivity contribution is 7.85. The van der Waals surface area contributed by atoms with Crippen LogP contribution in [0.25, 0.3) is 0 Å². The molecule has 0 saturated heterocycles. The molecule has 0 aliphatic rings. The van der Waals surface area contributed by atoms with E-state index in [4.69, 9.17) is 4.55 Å². The van der Waals surface area contributed by atoms with Gasteiger partial charge < -0.3 is 0 Å². The molecule has 1 N–H and O–H groups in total. The fraction of sp³-hybridized carbons (Fsp3) is 0.571. The molecule has 0 fully saturated rings. The van der Waals surface area contributed by atoms with Gasteiger partial charge in [0, 0.05) is 0 Å². The molecule has 0 aromatic carbocycles. The molecule has 1 aromatic rings. The number of imidazole rings is 1. The molecule has 5 nitrogen and oxygen atoms in total. The quantitative estimate of drug-likeness (QED) is 0.556. The average molecular weight is 205 g/mol. The van der Waals surface area contributed by atoms with Crippen molar-refractivity contribution >= 4 is 10.1 Å². The summed E-state index contributed by atoms with van der Waals surface area (Å²) in [6, 6.07) is 0. The highest BCUT2D eigenvalue weighted by atomic mass is 32.2. The van der Waals surface area contributed by atoms with Gasteiger partial charge in [0.15, 0.2) is 0 Å². The monoisotopic (exact) mass is 205 g/mol. The van der Waals surface area contributed by atoms with Gasteiger partial charge in [0.1, 0.15) is 12.4 Å². The third-order valence-corrected chi connectivity index (χ3v) is 2.70. The molecule has 13 heavy (non-hydrogen) atoms. The summed E-state index contributed by atoms with van der Waals surface area (Å²) in [7, 11) is -2.54. The minimum Gasteiger partial charge on any atom is -0.276 e. The van der Waals surface area contributed by atoms with E-state index < -0.39 is 10.1 Å². The molecule has 74 valence electrons. The van der Waals surface area contributed by atoms with Crippen molar-refractivity contribution in [3.8, 4) is 0 Å². The van der Waals surface area contributed by atoms with Gasteiger partial charge in [0.25, 0.3) is 0 Å². The third-order valence-electron chi connectivity index (χ3n) is 1.71. The summed E-state index contributed by atoms with van der Waals surface area (Å²) in [5, 5.41) is -0.0747. The summed E-state index contributed by atoms with van der Waals surface area (Å²) in [6.07, 6.45) is 4.04. The van der Waals surface area contributed by atoms with Gasteiger partial charge in [-0.3, -0.25) is 4.55 Å². The summed E-state index contributed by atoms with van der Waals surface area (Å²) in [6.45, 7) is 2.52. The van der Waals surface area contributed by atoms with Gasteiger partial charge in [-0.2, -0.15) is 8.42 Å². The molecule has 0 atom stereocenters. The molecule has 0 amide bonds. The van der Waals surface area contributed by atoms with Crippen molar-refractivity contribution in [1.29, 1.82) is 0 Å². The second-order valence-electron chi connectivity index (χ2n) is 2.86. The molecular weight excluding hydrogens is 192 g/mol. The summed E-state index contributed by atoms with van der Waals surface area (Å²) in [5.41, 5.74) is 0. The zero-order valence-electron chi connectivity index (χ0n) is 7.64. The first kappa shape index (κ1) is 10.2. The summed E-state index contributed by atoms with van der Waals surface area (Å²) >= 11 is 0. The number of nitrogens with zero attached hydrogens (tertiary/aromatic N) is 2. The normalized spacial score (nSPS) is 11.9. The minimum absolute atomic E-state index is 0.0747. The number of hydrogen-bond acceptors (Lipinski definition) is 2. The van der Waals surface area contributed by atoms with Crippen molar-refractivity contribution in [2.45, 2.75) is 25.0 Å². The van der Waals surface area contributed by atoms with Crippen molar-refractivity contribution in [2.75, 3.05) is 0 Å². The Balaban J connectivity index is 3.25. The van der Waals surface area contributed by atoms with Crippen molar-refractivity contribution in [1.82, 2.24) is 4.57 Å². The standard InChI is InChI=1S/C7H12N2O3S/c1-3-4-9-6-5-8(2)7(9)13(10,11)12/h5-6H,3-4H2,1-2H3/p+1. The largest absolute Gasteiger partial charge is 0.402 e. The zero-order chi connectivity index (χ0) is 10.1. The Hall–Kier alpha value is -0.880. The molecule has 0 radical (unpaired) electrons. The molecule has 0 unspecified atom stereocenters. The van der Waals surface area contributed by atoms with E-state index in [2.05, 4.69) is 0 Å². The van der Waals surface area contributed by atoms with Crippen LogP contribution in [0.4, 0.5) is 0 Å². The fourth-order valence-corrected chi connectivity index (χ4v) is 2.13.